The number of hydrogen-bond donors (Lipinski definition) is 0. The van der Waals surface area contributed by atoms with E-state index in [0.29, 0.717) is 19.6 Å². The molecule has 2 aliphatic heterocycles. The van der Waals surface area contributed by atoms with Crippen molar-refractivity contribution in [1.29, 1.82) is 0 Å². The lowest BCUT2D eigenvalue weighted by Crippen LogP contribution is -2.53. The molecule has 2 aromatic heterocycles. The van der Waals surface area contributed by atoms with Crippen LogP contribution in [0.15, 0.2) is 48.9 Å². The van der Waals surface area contributed by atoms with Crippen LogP contribution < -0.4 is 9.80 Å². The zero-order valence-electron chi connectivity index (χ0n) is 17.3. The molecule has 1 amide bonds. The highest BCUT2D eigenvalue weighted by Gasteiger charge is 2.32. The van der Waals surface area contributed by atoms with E-state index in [1.54, 1.807) is 30.7 Å². The fraction of sp³-hybridized carbons (Fsp3) is 0.391. The average Bonchev–Trinajstić information content (AvgIpc) is 2.84. The monoisotopic (exact) mass is 420 g/mol. The van der Waals surface area contributed by atoms with E-state index in [0.717, 1.165) is 55.0 Å². The molecule has 0 bridgehead atoms. The van der Waals surface area contributed by atoms with Crippen molar-refractivity contribution in [3.8, 4) is 0 Å². The fourth-order valence-corrected chi connectivity index (χ4v) is 4.62. The van der Waals surface area contributed by atoms with Crippen molar-refractivity contribution >= 4 is 28.4 Å². The maximum absolute atomic E-state index is 13.9. The number of fused-ring (bicyclic) bond motifs is 1. The van der Waals surface area contributed by atoms with Gasteiger partial charge in [-0.15, -0.1) is 0 Å². The summed E-state index contributed by atoms with van der Waals surface area (Å²) >= 11 is 0. The number of hydrogen-bond acceptors (Lipinski definition) is 6. The minimum Gasteiger partial charge on any atom is -0.370 e. The Hall–Kier alpha value is -3.29. The normalized spacial score (nSPS) is 19.6. The van der Waals surface area contributed by atoms with Gasteiger partial charge in [-0.3, -0.25) is 9.78 Å². The van der Waals surface area contributed by atoms with Crippen LogP contribution in [0, 0.1) is 11.7 Å². The zero-order chi connectivity index (χ0) is 21.2. The number of carbonyl (C=O) groups excluding carboxylic acids is 1. The fourth-order valence-electron chi connectivity index (χ4n) is 4.62. The molecule has 2 fully saturated rings. The first kappa shape index (κ1) is 19.7. The molecule has 3 aromatic rings. The molecular formula is C23H25FN6O. The highest BCUT2D eigenvalue weighted by molar-refractivity contribution is 5.92. The number of piperidine rings is 1. The average molecular weight is 420 g/mol. The molecule has 2 aliphatic rings. The summed E-state index contributed by atoms with van der Waals surface area (Å²) in [5, 5.41) is 0.798. The standard InChI is InChI=1S/C23H25FN6O/c24-18-4-5-20-19(15-18)21(6-9-25-20)30-10-1-3-17(16-30)22(31)28-11-13-29(14-12-28)23-26-7-2-8-27-23/h2,4-9,15,17H,1,3,10-14,16H2. The predicted octanol–water partition coefficient (Wildman–Crippen LogP) is 2.73. The quantitative estimate of drug-likeness (QED) is 0.649. The molecule has 0 saturated carbocycles. The van der Waals surface area contributed by atoms with Crippen LogP contribution in [0.1, 0.15) is 12.8 Å². The first-order chi connectivity index (χ1) is 15.2. The molecule has 0 N–H and O–H groups in total. The highest BCUT2D eigenvalue weighted by atomic mass is 19.1. The number of benzene rings is 1. The van der Waals surface area contributed by atoms with Crippen molar-refractivity contribution < 1.29 is 9.18 Å². The Bertz CT molecular complexity index is 1070. The van der Waals surface area contributed by atoms with Crippen molar-refractivity contribution in [3.05, 3.63) is 54.7 Å². The van der Waals surface area contributed by atoms with Gasteiger partial charge in [0.05, 0.1) is 11.4 Å². The zero-order valence-corrected chi connectivity index (χ0v) is 17.3. The number of aromatic nitrogens is 3. The molecule has 1 unspecified atom stereocenters. The second-order valence-electron chi connectivity index (χ2n) is 8.14. The Morgan fingerprint density at radius 1 is 0.935 bits per heavy atom. The van der Waals surface area contributed by atoms with Crippen LogP contribution in [-0.2, 0) is 4.79 Å². The number of amides is 1. The van der Waals surface area contributed by atoms with Crippen LogP contribution in [-0.4, -0.2) is 65.0 Å². The van der Waals surface area contributed by atoms with E-state index in [2.05, 4.69) is 24.8 Å². The Morgan fingerprint density at radius 3 is 2.55 bits per heavy atom. The summed E-state index contributed by atoms with van der Waals surface area (Å²) in [6, 6.07) is 8.40. The second-order valence-corrected chi connectivity index (χ2v) is 8.14. The van der Waals surface area contributed by atoms with Gasteiger partial charge in [-0.1, -0.05) is 0 Å². The van der Waals surface area contributed by atoms with E-state index < -0.39 is 0 Å². The summed E-state index contributed by atoms with van der Waals surface area (Å²) in [5.41, 5.74) is 1.72. The number of rotatable bonds is 3. The molecule has 0 aliphatic carbocycles. The van der Waals surface area contributed by atoms with Gasteiger partial charge in [0.2, 0.25) is 11.9 Å². The van der Waals surface area contributed by atoms with Gasteiger partial charge in [-0.05, 0) is 43.2 Å². The summed E-state index contributed by atoms with van der Waals surface area (Å²) in [7, 11) is 0. The molecule has 5 rings (SSSR count). The van der Waals surface area contributed by atoms with Crippen molar-refractivity contribution in [2.45, 2.75) is 12.8 Å². The van der Waals surface area contributed by atoms with Crippen LogP contribution >= 0.6 is 0 Å². The molecule has 2 saturated heterocycles. The molecular weight excluding hydrogens is 395 g/mol. The third-order valence-electron chi connectivity index (χ3n) is 6.22. The van der Waals surface area contributed by atoms with Gasteiger partial charge in [0.25, 0.3) is 0 Å². The summed E-state index contributed by atoms with van der Waals surface area (Å²) in [6.45, 7) is 4.34. The number of carbonyl (C=O) groups is 1. The van der Waals surface area contributed by atoms with E-state index in [9.17, 15) is 9.18 Å². The van der Waals surface area contributed by atoms with Crippen LogP contribution in [0.25, 0.3) is 10.9 Å². The van der Waals surface area contributed by atoms with E-state index >= 15 is 0 Å². The first-order valence-corrected chi connectivity index (χ1v) is 10.8. The highest BCUT2D eigenvalue weighted by Crippen LogP contribution is 2.30. The van der Waals surface area contributed by atoms with Crippen molar-refractivity contribution in [1.82, 2.24) is 19.9 Å². The van der Waals surface area contributed by atoms with E-state index in [-0.39, 0.29) is 17.6 Å². The number of anilines is 2. The maximum atomic E-state index is 13.9. The van der Waals surface area contributed by atoms with E-state index in [1.165, 1.54) is 12.1 Å². The topological polar surface area (TPSA) is 65.5 Å². The van der Waals surface area contributed by atoms with Gasteiger partial charge in [-0.25, -0.2) is 14.4 Å². The van der Waals surface area contributed by atoms with Crippen molar-refractivity contribution in [3.63, 3.8) is 0 Å². The molecule has 31 heavy (non-hydrogen) atoms. The summed E-state index contributed by atoms with van der Waals surface area (Å²) in [5.74, 6) is 0.606. The van der Waals surface area contributed by atoms with Crippen LogP contribution in [0.5, 0.6) is 0 Å². The molecule has 4 heterocycles. The molecule has 8 heteroatoms. The largest absolute Gasteiger partial charge is 0.370 e. The Kier molecular flexibility index (Phi) is 5.36. The molecule has 1 aromatic carbocycles. The predicted molar refractivity (Wildman–Crippen MR) is 117 cm³/mol. The smallest absolute Gasteiger partial charge is 0.227 e. The lowest BCUT2D eigenvalue weighted by molar-refractivity contribution is -0.136. The summed E-state index contributed by atoms with van der Waals surface area (Å²) in [4.78, 5) is 32.5. The van der Waals surface area contributed by atoms with Gasteiger partial charge < -0.3 is 14.7 Å². The lowest BCUT2D eigenvalue weighted by Gasteiger charge is -2.39. The van der Waals surface area contributed by atoms with Gasteiger partial charge in [0, 0.05) is 68.9 Å². The van der Waals surface area contributed by atoms with Gasteiger partial charge >= 0.3 is 0 Å². The van der Waals surface area contributed by atoms with Gasteiger partial charge in [-0.2, -0.15) is 0 Å². The number of pyridine rings is 1. The molecule has 1 atom stereocenters. The van der Waals surface area contributed by atoms with Crippen LogP contribution in [0.4, 0.5) is 16.0 Å². The molecule has 160 valence electrons. The van der Waals surface area contributed by atoms with E-state index in [4.69, 9.17) is 0 Å². The minimum absolute atomic E-state index is 0.0509. The third kappa shape index (κ3) is 4.02. The lowest BCUT2D eigenvalue weighted by atomic mass is 9.95. The molecule has 0 radical (unpaired) electrons. The first-order valence-electron chi connectivity index (χ1n) is 10.8. The van der Waals surface area contributed by atoms with Crippen molar-refractivity contribution in [2.75, 3.05) is 49.1 Å². The van der Waals surface area contributed by atoms with Crippen LogP contribution in [0.2, 0.25) is 0 Å². The van der Waals surface area contributed by atoms with Gasteiger partial charge in [0.1, 0.15) is 5.82 Å². The minimum atomic E-state index is -0.272. The number of piperazine rings is 1. The SMILES string of the molecule is O=C(C1CCCN(c2ccnc3ccc(F)cc23)C1)N1CCN(c2ncccn2)CC1. The molecule has 7 nitrogen and oxygen atoms in total. The van der Waals surface area contributed by atoms with Crippen molar-refractivity contribution in [2.24, 2.45) is 5.92 Å². The Labute approximate surface area is 180 Å². The van der Waals surface area contributed by atoms with Gasteiger partial charge in [0.15, 0.2) is 0 Å². The van der Waals surface area contributed by atoms with E-state index in [1.807, 2.05) is 11.0 Å². The maximum Gasteiger partial charge on any atom is 0.227 e. The number of nitrogens with zero attached hydrogens (tertiary/aromatic N) is 6. The third-order valence-corrected chi connectivity index (χ3v) is 6.22. The van der Waals surface area contributed by atoms with Crippen LogP contribution in [0.3, 0.4) is 0 Å². The summed E-state index contributed by atoms with van der Waals surface area (Å²) < 4.78 is 13.9. The number of halogens is 1. The molecule has 0 spiro atoms. The summed E-state index contributed by atoms with van der Waals surface area (Å²) in [6.07, 6.45) is 7.06. The Balaban J connectivity index is 1.27. The second kappa shape index (κ2) is 8.45. The Morgan fingerprint density at radius 2 is 1.74 bits per heavy atom.